The highest BCUT2D eigenvalue weighted by atomic mass is 16.5. The average molecular weight is 323 g/mol. The molecule has 0 fully saturated rings. The lowest BCUT2D eigenvalue weighted by Gasteiger charge is -2.11. The predicted octanol–water partition coefficient (Wildman–Crippen LogP) is 2.28. The van der Waals surface area contributed by atoms with Crippen LogP contribution < -0.4 is 14.8 Å². The average Bonchev–Trinajstić information content (AvgIpc) is 3.09. The lowest BCUT2D eigenvalue weighted by molar-refractivity contribution is -0.136. The Morgan fingerprint density at radius 3 is 2.43 bits per heavy atom. The van der Waals surface area contributed by atoms with E-state index in [2.05, 4.69) is 5.32 Å². The van der Waals surface area contributed by atoms with E-state index < -0.39 is 0 Å². The fourth-order valence-electron chi connectivity index (χ4n) is 2.09. The smallest absolute Gasteiger partial charge is 0.337 e. The van der Waals surface area contributed by atoms with Crippen LogP contribution >= 0.6 is 0 Å². The van der Waals surface area contributed by atoms with Crippen molar-refractivity contribution in [1.82, 2.24) is 5.32 Å². The minimum Gasteiger partial charge on any atom is -0.493 e. The molecule has 1 aliphatic heterocycles. The summed E-state index contributed by atoms with van der Waals surface area (Å²) in [6.07, 6.45) is 0. The number of carbonyl (C=O) groups excluding carboxylic acids is 1. The van der Waals surface area contributed by atoms with E-state index in [9.17, 15) is 4.79 Å². The normalized spacial score (nSPS) is 13.1. The Kier molecular flexibility index (Phi) is 7.97. The van der Waals surface area contributed by atoms with Crippen molar-refractivity contribution in [2.45, 2.75) is 20.4 Å². The second-order valence-electron chi connectivity index (χ2n) is 4.48. The van der Waals surface area contributed by atoms with Gasteiger partial charge in [0.2, 0.25) is 0 Å². The van der Waals surface area contributed by atoms with Gasteiger partial charge >= 0.3 is 5.97 Å². The second kappa shape index (κ2) is 9.74. The second-order valence-corrected chi connectivity index (χ2v) is 4.48. The van der Waals surface area contributed by atoms with Crippen molar-refractivity contribution in [1.29, 1.82) is 0 Å². The number of nitrogens with one attached hydrogen (secondary N) is 1. The van der Waals surface area contributed by atoms with E-state index in [1.807, 2.05) is 32.0 Å². The third kappa shape index (κ3) is 4.89. The zero-order chi connectivity index (χ0) is 17.2. The van der Waals surface area contributed by atoms with E-state index in [1.54, 1.807) is 14.2 Å². The molecule has 0 spiro atoms. The number of ether oxygens (including phenoxy) is 4. The topological polar surface area (TPSA) is 66.0 Å². The highest BCUT2D eigenvalue weighted by Gasteiger charge is 2.22. The summed E-state index contributed by atoms with van der Waals surface area (Å²) in [5, 5.41) is 3.21. The van der Waals surface area contributed by atoms with Crippen molar-refractivity contribution in [2.24, 2.45) is 0 Å². The molecule has 1 aliphatic rings. The molecule has 0 radical (unpaired) electrons. The minimum absolute atomic E-state index is 0.279. The van der Waals surface area contributed by atoms with Gasteiger partial charge < -0.3 is 24.3 Å². The van der Waals surface area contributed by atoms with Crippen molar-refractivity contribution in [2.75, 3.05) is 34.5 Å². The van der Waals surface area contributed by atoms with Gasteiger partial charge in [-0.15, -0.1) is 0 Å². The maximum Gasteiger partial charge on any atom is 0.337 e. The molecule has 0 atom stereocenters. The first kappa shape index (κ1) is 18.8. The molecular formula is C17H25NO5. The molecular weight excluding hydrogens is 298 g/mol. The molecule has 1 heterocycles. The Hall–Kier alpha value is -2.21. The summed E-state index contributed by atoms with van der Waals surface area (Å²) < 4.78 is 20.5. The van der Waals surface area contributed by atoms with Crippen LogP contribution in [-0.2, 0) is 20.8 Å². The van der Waals surface area contributed by atoms with E-state index in [0.717, 1.165) is 11.3 Å². The highest BCUT2D eigenvalue weighted by Crippen LogP contribution is 2.27. The van der Waals surface area contributed by atoms with Gasteiger partial charge in [-0.1, -0.05) is 19.9 Å². The molecule has 1 aromatic rings. The van der Waals surface area contributed by atoms with Gasteiger partial charge in [0.1, 0.15) is 0 Å². The zero-order valence-electron chi connectivity index (χ0n) is 14.4. The van der Waals surface area contributed by atoms with Crippen LogP contribution in [-0.4, -0.2) is 40.5 Å². The SMILES string of the molecule is CC.COC(=O)C1=C(NCc2ccc(OC)c(OC)c2)COC1. The number of carbonyl (C=O) groups is 1. The Morgan fingerprint density at radius 2 is 1.83 bits per heavy atom. The van der Waals surface area contributed by atoms with Gasteiger partial charge in [-0.2, -0.15) is 0 Å². The third-order valence-electron chi connectivity index (χ3n) is 3.24. The van der Waals surface area contributed by atoms with E-state index >= 15 is 0 Å². The van der Waals surface area contributed by atoms with E-state index in [0.29, 0.717) is 30.2 Å². The molecule has 0 unspecified atom stereocenters. The number of hydrogen-bond donors (Lipinski definition) is 1. The molecule has 0 saturated carbocycles. The van der Waals surface area contributed by atoms with Crippen molar-refractivity contribution in [3.05, 3.63) is 35.0 Å². The summed E-state index contributed by atoms with van der Waals surface area (Å²) in [5.74, 6) is 0.990. The highest BCUT2D eigenvalue weighted by molar-refractivity contribution is 5.90. The Morgan fingerprint density at radius 1 is 1.13 bits per heavy atom. The van der Waals surface area contributed by atoms with Gasteiger partial charge in [-0.25, -0.2) is 4.79 Å². The summed E-state index contributed by atoms with van der Waals surface area (Å²) in [5.41, 5.74) is 2.31. The van der Waals surface area contributed by atoms with Gasteiger partial charge in [0.05, 0.1) is 45.8 Å². The summed E-state index contributed by atoms with van der Waals surface area (Å²) in [4.78, 5) is 11.6. The fraction of sp³-hybridized carbons (Fsp3) is 0.471. The van der Waals surface area contributed by atoms with Crippen LogP contribution in [0.25, 0.3) is 0 Å². The monoisotopic (exact) mass is 323 g/mol. The largest absolute Gasteiger partial charge is 0.493 e. The molecule has 1 N–H and O–H groups in total. The van der Waals surface area contributed by atoms with Crippen molar-refractivity contribution in [3.63, 3.8) is 0 Å². The number of benzene rings is 1. The van der Waals surface area contributed by atoms with Crippen LogP contribution in [0.3, 0.4) is 0 Å². The van der Waals surface area contributed by atoms with Gasteiger partial charge in [0, 0.05) is 6.54 Å². The Balaban J connectivity index is 0.00000127. The van der Waals surface area contributed by atoms with Crippen LogP contribution in [0.5, 0.6) is 11.5 Å². The number of rotatable bonds is 6. The standard InChI is InChI=1S/C15H19NO5.C2H6/c1-18-13-5-4-10(6-14(13)19-2)7-16-12-9-21-8-11(12)15(17)20-3;1-2/h4-6,16H,7-9H2,1-3H3;1-2H3. The molecule has 0 saturated heterocycles. The maximum atomic E-state index is 11.6. The number of hydrogen-bond acceptors (Lipinski definition) is 6. The van der Waals surface area contributed by atoms with Crippen LogP contribution in [0.4, 0.5) is 0 Å². The molecule has 0 bridgehead atoms. The number of methoxy groups -OCH3 is 3. The Labute approximate surface area is 137 Å². The first-order valence-corrected chi connectivity index (χ1v) is 7.52. The van der Waals surface area contributed by atoms with Crippen molar-refractivity contribution in [3.8, 4) is 11.5 Å². The molecule has 6 nitrogen and oxygen atoms in total. The minimum atomic E-state index is -0.359. The van der Waals surface area contributed by atoms with Crippen molar-refractivity contribution >= 4 is 5.97 Å². The van der Waals surface area contributed by atoms with E-state index in [-0.39, 0.29) is 12.6 Å². The molecule has 23 heavy (non-hydrogen) atoms. The lowest BCUT2D eigenvalue weighted by Crippen LogP contribution is -2.18. The first-order chi connectivity index (χ1) is 11.2. The molecule has 0 aromatic heterocycles. The van der Waals surface area contributed by atoms with Crippen LogP contribution in [0, 0.1) is 0 Å². The zero-order valence-corrected chi connectivity index (χ0v) is 14.4. The molecule has 6 heteroatoms. The summed E-state index contributed by atoms with van der Waals surface area (Å²) in [7, 11) is 4.55. The van der Waals surface area contributed by atoms with E-state index in [1.165, 1.54) is 7.11 Å². The predicted molar refractivity (Wildman–Crippen MR) is 87.6 cm³/mol. The molecule has 0 amide bonds. The quantitative estimate of drug-likeness (QED) is 0.810. The van der Waals surface area contributed by atoms with Crippen LogP contribution in [0.1, 0.15) is 19.4 Å². The number of esters is 1. The van der Waals surface area contributed by atoms with Crippen molar-refractivity contribution < 1.29 is 23.7 Å². The van der Waals surface area contributed by atoms with Gasteiger partial charge in [-0.05, 0) is 17.7 Å². The molecule has 2 rings (SSSR count). The third-order valence-corrected chi connectivity index (χ3v) is 3.24. The van der Waals surface area contributed by atoms with Gasteiger partial charge in [0.15, 0.2) is 11.5 Å². The summed E-state index contributed by atoms with van der Waals surface area (Å²) in [6.45, 7) is 5.22. The molecule has 128 valence electrons. The Bertz CT molecular complexity index is 554. The summed E-state index contributed by atoms with van der Waals surface area (Å²) >= 11 is 0. The fourth-order valence-corrected chi connectivity index (χ4v) is 2.09. The van der Waals surface area contributed by atoms with Gasteiger partial charge in [0.25, 0.3) is 0 Å². The summed E-state index contributed by atoms with van der Waals surface area (Å²) in [6, 6.07) is 5.67. The maximum absolute atomic E-state index is 11.6. The lowest BCUT2D eigenvalue weighted by atomic mass is 10.2. The van der Waals surface area contributed by atoms with Crippen LogP contribution in [0.2, 0.25) is 0 Å². The van der Waals surface area contributed by atoms with Gasteiger partial charge in [-0.3, -0.25) is 0 Å². The first-order valence-electron chi connectivity index (χ1n) is 7.52. The molecule has 0 aliphatic carbocycles. The van der Waals surface area contributed by atoms with E-state index in [4.69, 9.17) is 18.9 Å². The van der Waals surface area contributed by atoms with Crippen LogP contribution in [0.15, 0.2) is 29.5 Å². The molecule has 1 aromatic carbocycles.